The van der Waals surface area contributed by atoms with Crippen molar-refractivity contribution < 1.29 is 41.3 Å². The molecule has 2 N–H and O–H groups in total. The maximum atomic E-state index is 11.4. The van der Waals surface area contributed by atoms with E-state index in [1.807, 2.05) is 0 Å². The fraction of sp³-hybridized carbons (Fsp3) is 0.667. The smallest absolute Gasteiger partial charge is 0.446 e. The molecule has 1 saturated heterocycles. The maximum Gasteiger partial charge on any atom is 0.446 e. The number of esters is 1. The molecule has 1 fully saturated rings. The van der Waals surface area contributed by atoms with Gasteiger partial charge in [-0.3, -0.25) is 4.55 Å². The van der Waals surface area contributed by atoms with Gasteiger partial charge in [0, 0.05) is 0 Å². The van der Waals surface area contributed by atoms with E-state index in [-0.39, 0.29) is 6.61 Å². The molecule has 2 aliphatic heterocycles. The van der Waals surface area contributed by atoms with Crippen molar-refractivity contribution in [2.24, 2.45) is 0 Å². The molecule has 0 spiro atoms. The quantitative estimate of drug-likeness (QED) is 0.530. The molecule has 0 amide bonds. The lowest BCUT2D eigenvalue weighted by Crippen LogP contribution is -2.32. The summed E-state index contributed by atoms with van der Waals surface area (Å²) in [5.41, 5.74) is 0. The topological polar surface area (TPSA) is 129 Å². The number of hydrogen-bond acceptors (Lipinski definition) is 8. The summed E-state index contributed by atoms with van der Waals surface area (Å²) in [6.07, 6.45) is -2.05. The summed E-state index contributed by atoms with van der Waals surface area (Å²) in [7, 11) is -4.93. The predicted molar refractivity (Wildman–Crippen MR) is 57.1 cm³/mol. The summed E-state index contributed by atoms with van der Waals surface area (Å²) >= 11 is 0. The zero-order valence-electron chi connectivity index (χ0n) is 10.0. The Balaban J connectivity index is 2.20. The van der Waals surface area contributed by atoms with Crippen LogP contribution in [0.2, 0.25) is 0 Å². The van der Waals surface area contributed by atoms with E-state index in [9.17, 15) is 18.3 Å². The maximum absolute atomic E-state index is 11.4. The number of rotatable bonds is 3. The molecule has 2 atom stereocenters. The van der Waals surface area contributed by atoms with Crippen LogP contribution >= 0.6 is 0 Å². The van der Waals surface area contributed by atoms with Gasteiger partial charge < -0.3 is 23.5 Å². The summed E-state index contributed by atoms with van der Waals surface area (Å²) in [5, 5.41) is 9.71. The van der Waals surface area contributed by atoms with Crippen molar-refractivity contribution in [3.05, 3.63) is 11.5 Å². The highest BCUT2D eigenvalue weighted by molar-refractivity contribution is 7.81. The molecule has 2 heterocycles. The van der Waals surface area contributed by atoms with Gasteiger partial charge in [0.15, 0.2) is 17.7 Å². The summed E-state index contributed by atoms with van der Waals surface area (Å²) < 4.78 is 48.8. The van der Waals surface area contributed by atoms with Crippen molar-refractivity contribution in [2.75, 3.05) is 6.61 Å². The molecule has 0 saturated carbocycles. The van der Waals surface area contributed by atoms with Crippen LogP contribution < -0.4 is 0 Å². The van der Waals surface area contributed by atoms with Gasteiger partial charge in [0.05, 0.1) is 6.61 Å². The Morgan fingerprint density at radius 1 is 1.42 bits per heavy atom. The van der Waals surface area contributed by atoms with Crippen LogP contribution in [0.1, 0.15) is 13.8 Å². The molecule has 0 aliphatic carbocycles. The van der Waals surface area contributed by atoms with Crippen molar-refractivity contribution in [3.63, 3.8) is 0 Å². The first kappa shape index (κ1) is 14.1. The second kappa shape index (κ2) is 4.34. The highest BCUT2D eigenvalue weighted by atomic mass is 32.3. The average molecular weight is 296 g/mol. The Morgan fingerprint density at radius 2 is 2.05 bits per heavy atom. The molecule has 2 aliphatic rings. The number of aliphatic hydroxyl groups excluding tert-OH is 1. The number of hydrogen-bond donors (Lipinski definition) is 2. The van der Waals surface area contributed by atoms with Gasteiger partial charge in [0.25, 0.3) is 5.76 Å². The van der Waals surface area contributed by atoms with Gasteiger partial charge in [-0.2, -0.15) is 8.42 Å². The fourth-order valence-electron chi connectivity index (χ4n) is 1.76. The minimum absolute atomic E-state index is 0.0359. The van der Waals surface area contributed by atoms with Crippen LogP contribution in [0.25, 0.3) is 0 Å². The molecule has 10 heteroatoms. The van der Waals surface area contributed by atoms with Gasteiger partial charge in [-0.25, -0.2) is 4.79 Å². The average Bonchev–Trinajstić information content (AvgIpc) is 2.71. The van der Waals surface area contributed by atoms with Crippen molar-refractivity contribution in [1.82, 2.24) is 0 Å². The SMILES string of the molecule is CC1(C)OC[C@@H]([C@H]2OC(=O)C(OS(=O)(=O)O)=C2O)O1. The monoisotopic (exact) mass is 296 g/mol. The Hall–Kier alpha value is -1.36. The van der Waals surface area contributed by atoms with E-state index in [1.165, 1.54) is 0 Å². The van der Waals surface area contributed by atoms with Crippen LogP contribution in [0.5, 0.6) is 0 Å². The Labute approximate surface area is 108 Å². The van der Waals surface area contributed by atoms with E-state index in [4.69, 9.17) is 18.8 Å². The lowest BCUT2D eigenvalue weighted by atomic mass is 10.2. The molecule has 9 nitrogen and oxygen atoms in total. The van der Waals surface area contributed by atoms with Crippen LogP contribution in [0, 0.1) is 0 Å². The molecule has 0 radical (unpaired) electrons. The van der Waals surface area contributed by atoms with E-state index < -0.39 is 45.9 Å². The molecule has 2 rings (SSSR count). The molecule has 0 aromatic carbocycles. The largest absolute Gasteiger partial charge is 0.505 e. The Bertz CT molecular complexity index is 532. The standard InChI is InChI=1S/C9H12O9S/c1-9(2)15-3-4(17-9)6-5(10)7(8(11)16-6)18-19(12,13)14/h4,6,10H,3H2,1-2H3,(H,12,13,14)/t4-,6+/m0/s1. The molecular weight excluding hydrogens is 284 g/mol. The minimum atomic E-state index is -4.93. The molecule has 0 bridgehead atoms. The van der Waals surface area contributed by atoms with E-state index in [1.54, 1.807) is 13.8 Å². The minimum Gasteiger partial charge on any atom is -0.505 e. The van der Waals surface area contributed by atoms with Crippen LogP contribution in [0.15, 0.2) is 11.5 Å². The molecule has 0 unspecified atom stereocenters. The Kier molecular flexibility index (Phi) is 3.21. The van der Waals surface area contributed by atoms with Gasteiger partial charge >= 0.3 is 16.4 Å². The van der Waals surface area contributed by atoms with E-state index in [0.717, 1.165) is 0 Å². The summed E-state index contributed by atoms with van der Waals surface area (Å²) in [4.78, 5) is 11.4. The van der Waals surface area contributed by atoms with Crippen molar-refractivity contribution in [1.29, 1.82) is 0 Å². The highest BCUT2D eigenvalue weighted by Crippen LogP contribution is 2.32. The third kappa shape index (κ3) is 2.97. The van der Waals surface area contributed by atoms with Gasteiger partial charge in [0.1, 0.15) is 6.10 Å². The van der Waals surface area contributed by atoms with E-state index in [0.29, 0.717) is 0 Å². The van der Waals surface area contributed by atoms with Gasteiger partial charge in [0.2, 0.25) is 0 Å². The second-order valence-corrected chi connectivity index (χ2v) is 5.44. The lowest BCUT2D eigenvalue weighted by molar-refractivity contribution is -0.162. The number of ether oxygens (including phenoxy) is 3. The zero-order valence-corrected chi connectivity index (χ0v) is 10.8. The predicted octanol–water partition coefficient (Wildman–Crippen LogP) is -0.348. The first-order valence-corrected chi connectivity index (χ1v) is 6.58. The van der Waals surface area contributed by atoms with Crippen molar-refractivity contribution in [3.8, 4) is 0 Å². The first-order valence-electron chi connectivity index (χ1n) is 5.22. The summed E-state index contributed by atoms with van der Waals surface area (Å²) in [6, 6.07) is 0. The van der Waals surface area contributed by atoms with Gasteiger partial charge in [-0.1, -0.05) is 0 Å². The van der Waals surface area contributed by atoms with Crippen molar-refractivity contribution >= 4 is 16.4 Å². The number of carbonyl (C=O) groups is 1. The van der Waals surface area contributed by atoms with E-state index >= 15 is 0 Å². The number of cyclic esters (lactones) is 1. The second-order valence-electron chi connectivity index (χ2n) is 4.42. The Morgan fingerprint density at radius 3 is 2.53 bits per heavy atom. The summed E-state index contributed by atoms with van der Waals surface area (Å²) in [5.74, 6) is -3.88. The lowest BCUT2D eigenvalue weighted by Gasteiger charge is -2.19. The third-order valence-electron chi connectivity index (χ3n) is 2.48. The third-order valence-corrected chi connectivity index (χ3v) is 2.86. The van der Waals surface area contributed by atoms with Crippen LogP contribution in [-0.2, 0) is 33.6 Å². The molecule has 108 valence electrons. The summed E-state index contributed by atoms with van der Waals surface area (Å²) in [6.45, 7) is 3.29. The molecule has 0 aromatic heterocycles. The molecular formula is C9H12O9S. The fourth-order valence-corrected chi connectivity index (χ4v) is 2.12. The number of aliphatic hydroxyl groups is 1. The molecule has 19 heavy (non-hydrogen) atoms. The van der Waals surface area contributed by atoms with Crippen LogP contribution in [-0.4, -0.2) is 48.6 Å². The first-order chi connectivity index (χ1) is 8.59. The zero-order chi connectivity index (χ0) is 14.4. The van der Waals surface area contributed by atoms with Crippen LogP contribution in [0.4, 0.5) is 0 Å². The molecule has 0 aromatic rings. The van der Waals surface area contributed by atoms with Crippen LogP contribution in [0.3, 0.4) is 0 Å². The number of carbonyl (C=O) groups excluding carboxylic acids is 1. The van der Waals surface area contributed by atoms with Gasteiger partial charge in [-0.05, 0) is 13.8 Å². The van der Waals surface area contributed by atoms with Gasteiger partial charge in [-0.15, -0.1) is 0 Å². The highest BCUT2D eigenvalue weighted by Gasteiger charge is 2.48. The van der Waals surface area contributed by atoms with Crippen molar-refractivity contribution in [2.45, 2.75) is 31.8 Å². The van der Waals surface area contributed by atoms with E-state index in [2.05, 4.69) is 4.18 Å². The normalized spacial score (nSPS) is 30.6.